The first-order chi connectivity index (χ1) is 9.92. The minimum absolute atomic E-state index is 0.180. The van der Waals surface area contributed by atoms with Crippen LogP contribution in [0.1, 0.15) is 15.9 Å². The van der Waals surface area contributed by atoms with E-state index >= 15 is 0 Å². The molecule has 0 saturated heterocycles. The van der Waals surface area contributed by atoms with Gasteiger partial charge in [-0.1, -0.05) is 48.0 Å². The standard InChI is InChI=1S/C15H11ClF3NO/c16-13-11(7-4-8-12(13)17)14(21)20-9-15(18,19)10-5-2-1-3-6-10/h1-8H,9H2,(H,20,21). The summed E-state index contributed by atoms with van der Waals surface area (Å²) in [5.41, 5.74) is -0.392. The third kappa shape index (κ3) is 3.55. The van der Waals surface area contributed by atoms with Crippen LogP contribution < -0.4 is 5.32 Å². The normalized spacial score (nSPS) is 11.2. The van der Waals surface area contributed by atoms with E-state index in [0.717, 1.165) is 6.07 Å². The van der Waals surface area contributed by atoms with E-state index in [0.29, 0.717) is 0 Å². The number of rotatable bonds is 4. The van der Waals surface area contributed by atoms with E-state index in [1.54, 1.807) is 6.07 Å². The minimum Gasteiger partial charge on any atom is -0.346 e. The van der Waals surface area contributed by atoms with Crippen molar-refractivity contribution in [1.29, 1.82) is 0 Å². The van der Waals surface area contributed by atoms with Gasteiger partial charge in [-0.25, -0.2) is 4.39 Å². The lowest BCUT2D eigenvalue weighted by Crippen LogP contribution is -2.35. The average molecular weight is 314 g/mol. The second-order valence-electron chi connectivity index (χ2n) is 4.35. The maximum atomic E-state index is 13.9. The van der Waals surface area contributed by atoms with Crippen LogP contribution in [0.4, 0.5) is 13.2 Å². The van der Waals surface area contributed by atoms with Crippen LogP contribution in [0.25, 0.3) is 0 Å². The molecule has 2 aromatic carbocycles. The van der Waals surface area contributed by atoms with Crippen LogP contribution in [0, 0.1) is 5.82 Å². The van der Waals surface area contributed by atoms with Crippen LogP contribution in [0.15, 0.2) is 48.5 Å². The molecule has 0 bridgehead atoms. The van der Waals surface area contributed by atoms with Gasteiger partial charge in [-0.3, -0.25) is 4.79 Å². The molecule has 0 radical (unpaired) electrons. The molecule has 0 saturated carbocycles. The predicted octanol–water partition coefficient (Wildman–Crippen LogP) is 4.00. The fraction of sp³-hybridized carbons (Fsp3) is 0.133. The van der Waals surface area contributed by atoms with Gasteiger partial charge in [0, 0.05) is 5.56 Å². The van der Waals surface area contributed by atoms with Crippen molar-refractivity contribution in [2.24, 2.45) is 0 Å². The van der Waals surface area contributed by atoms with E-state index in [1.807, 2.05) is 0 Å². The molecule has 1 amide bonds. The number of hydrogen-bond donors (Lipinski definition) is 1. The first-order valence-electron chi connectivity index (χ1n) is 6.07. The molecule has 0 spiro atoms. The second-order valence-corrected chi connectivity index (χ2v) is 4.73. The van der Waals surface area contributed by atoms with Gasteiger partial charge < -0.3 is 5.32 Å². The first-order valence-corrected chi connectivity index (χ1v) is 6.45. The topological polar surface area (TPSA) is 29.1 Å². The molecule has 21 heavy (non-hydrogen) atoms. The van der Waals surface area contributed by atoms with E-state index in [4.69, 9.17) is 11.6 Å². The Morgan fingerprint density at radius 2 is 1.76 bits per heavy atom. The highest BCUT2D eigenvalue weighted by molar-refractivity contribution is 6.34. The van der Waals surface area contributed by atoms with E-state index in [-0.39, 0.29) is 11.1 Å². The lowest BCUT2D eigenvalue weighted by Gasteiger charge is -2.17. The van der Waals surface area contributed by atoms with Crippen LogP contribution in [0.3, 0.4) is 0 Å². The maximum Gasteiger partial charge on any atom is 0.290 e. The van der Waals surface area contributed by atoms with Crippen molar-refractivity contribution in [2.75, 3.05) is 6.54 Å². The van der Waals surface area contributed by atoms with Gasteiger partial charge in [0.2, 0.25) is 0 Å². The van der Waals surface area contributed by atoms with Gasteiger partial charge in [0.15, 0.2) is 0 Å². The quantitative estimate of drug-likeness (QED) is 0.908. The molecule has 0 aliphatic heterocycles. The zero-order valence-corrected chi connectivity index (χ0v) is 11.5. The Hall–Kier alpha value is -2.01. The van der Waals surface area contributed by atoms with Crippen molar-refractivity contribution >= 4 is 17.5 Å². The van der Waals surface area contributed by atoms with Gasteiger partial charge in [0.1, 0.15) is 5.82 Å². The van der Waals surface area contributed by atoms with Crippen LogP contribution >= 0.6 is 11.6 Å². The van der Waals surface area contributed by atoms with Crippen molar-refractivity contribution in [3.63, 3.8) is 0 Å². The first kappa shape index (κ1) is 15.4. The Bertz CT molecular complexity index is 647. The minimum atomic E-state index is -3.23. The van der Waals surface area contributed by atoms with Crippen molar-refractivity contribution in [3.05, 3.63) is 70.5 Å². The Morgan fingerprint density at radius 1 is 1.10 bits per heavy atom. The summed E-state index contributed by atoms with van der Waals surface area (Å²) in [5, 5.41) is 1.67. The molecular formula is C15H11ClF3NO. The Labute approximate surface area is 124 Å². The van der Waals surface area contributed by atoms with Gasteiger partial charge in [0.25, 0.3) is 11.8 Å². The molecule has 1 N–H and O–H groups in total. The van der Waals surface area contributed by atoms with Gasteiger partial charge >= 0.3 is 0 Å². The van der Waals surface area contributed by atoms with Crippen molar-refractivity contribution in [3.8, 4) is 0 Å². The SMILES string of the molecule is O=C(NCC(F)(F)c1ccccc1)c1cccc(F)c1Cl. The third-order valence-corrected chi connectivity index (χ3v) is 3.25. The van der Waals surface area contributed by atoms with E-state index < -0.39 is 29.2 Å². The predicted molar refractivity (Wildman–Crippen MR) is 74.1 cm³/mol. The van der Waals surface area contributed by atoms with Crippen LogP contribution in [0.5, 0.6) is 0 Å². The number of benzene rings is 2. The highest BCUT2D eigenvalue weighted by Crippen LogP contribution is 2.27. The highest BCUT2D eigenvalue weighted by Gasteiger charge is 2.32. The zero-order valence-electron chi connectivity index (χ0n) is 10.7. The van der Waals surface area contributed by atoms with Crippen LogP contribution in [-0.4, -0.2) is 12.5 Å². The van der Waals surface area contributed by atoms with Gasteiger partial charge in [-0.15, -0.1) is 0 Å². The van der Waals surface area contributed by atoms with Crippen molar-refractivity contribution in [1.82, 2.24) is 5.32 Å². The molecule has 2 rings (SSSR count). The lowest BCUT2D eigenvalue weighted by molar-refractivity contribution is -0.00247. The summed E-state index contributed by atoms with van der Waals surface area (Å²) in [7, 11) is 0. The number of carbonyl (C=O) groups is 1. The fourth-order valence-electron chi connectivity index (χ4n) is 1.75. The molecule has 0 aromatic heterocycles. The van der Waals surface area contributed by atoms with E-state index in [9.17, 15) is 18.0 Å². The molecule has 0 atom stereocenters. The number of hydrogen-bond acceptors (Lipinski definition) is 1. The summed E-state index contributed by atoms with van der Waals surface area (Å²) >= 11 is 5.63. The summed E-state index contributed by atoms with van der Waals surface area (Å²) in [6.45, 7) is -0.900. The fourth-order valence-corrected chi connectivity index (χ4v) is 1.96. The Morgan fingerprint density at radius 3 is 2.43 bits per heavy atom. The molecule has 0 heterocycles. The molecule has 0 aliphatic carbocycles. The third-order valence-electron chi connectivity index (χ3n) is 2.86. The summed E-state index contributed by atoms with van der Waals surface area (Å²) in [5.74, 6) is -4.86. The second kappa shape index (κ2) is 6.18. The summed E-state index contributed by atoms with van der Waals surface area (Å²) in [6, 6.07) is 10.7. The maximum absolute atomic E-state index is 13.9. The van der Waals surface area contributed by atoms with Crippen molar-refractivity contribution < 1.29 is 18.0 Å². The highest BCUT2D eigenvalue weighted by atomic mass is 35.5. The largest absolute Gasteiger partial charge is 0.346 e. The van der Waals surface area contributed by atoms with Crippen molar-refractivity contribution in [2.45, 2.75) is 5.92 Å². The molecule has 2 nitrogen and oxygen atoms in total. The van der Waals surface area contributed by atoms with E-state index in [2.05, 4.69) is 5.32 Å². The number of halogens is 4. The molecule has 6 heteroatoms. The average Bonchev–Trinajstić information content (AvgIpc) is 2.49. The zero-order chi connectivity index (χ0) is 15.5. The molecular weight excluding hydrogens is 303 g/mol. The molecule has 0 fully saturated rings. The summed E-state index contributed by atoms with van der Waals surface area (Å²) in [6.07, 6.45) is 0. The van der Waals surface area contributed by atoms with Gasteiger partial charge in [0.05, 0.1) is 17.1 Å². The molecule has 0 unspecified atom stereocenters. The van der Waals surface area contributed by atoms with E-state index in [1.165, 1.54) is 36.4 Å². The number of carbonyl (C=O) groups excluding carboxylic acids is 1. The molecule has 110 valence electrons. The molecule has 2 aromatic rings. The monoisotopic (exact) mass is 313 g/mol. The smallest absolute Gasteiger partial charge is 0.290 e. The van der Waals surface area contributed by atoms with Crippen LogP contribution in [-0.2, 0) is 5.92 Å². The number of alkyl halides is 2. The summed E-state index contributed by atoms with van der Waals surface area (Å²) < 4.78 is 41.0. The van der Waals surface area contributed by atoms with Gasteiger partial charge in [-0.05, 0) is 12.1 Å². The number of amides is 1. The van der Waals surface area contributed by atoms with Crippen LogP contribution in [0.2, 0.25) is 5.02 Å². The summed E-state index contributed by atoms with van der Waals surface area (Å²) in [4.78, 5) is 11.8. The Kier molecular flexibility index (Phi) is 4.53. The number of nitrogens with one attached hydrogen (secondary N) is 1. The van der Waals surface area contributed by atoms with Gasteiger partial charge in [-0.2, -0.15) is 8.78 Å². The Balaban J connectivity index is 2.09. The molecule has 0 aliphatic rings. The lowest BCUT2D eigenvalue weighted by atomic mass is 10.1.